The van der Waals surface area contributed by atoms with Crippen LogP contribution in [0.5, 0.6) is 0 Å². The van der Waals surface area contributed by atoms with Gasteiger partial charge in [0.25, 0.3) is 0 Å². The summed E-state index contributed by atoms with van der Waals surface area (Å²) in [6.07, 6.45) is 0.732. The molecule has 1 N–H and O–H groups in total. The van der Waals surface area contributed by atoms with E-state index in [1.807, 2.05) is 60.7 Å². The molecule has 1 heterocycles. The van der Waals surface area contributed by atoms with Crippen LogP contribution in [0.15, 0.2) is 71.3 Å². The van der Waals surface area contributed by atoms with Crippen molar-refractivity contribution < 1.29 is 9.52 Å². The van der Waals surface area contributed by atoms with E-state index in [-0.39, 0.29) is 0 Å². The molecule has 0 fully saturated rings. The summed E-state index contributed by atoms with van der Waals surface area (Å²) in [5, 5.41) is 10.2. The van der Waals surface area contributed by atoms with Crippen molar-refractivity contribution in [2.75, 3.05) is 0 Å². The fourth-order valence-corrected chi connectivity index (χ4v) is 1.93. The Balaban J connectivity index is 1.90. The number of hydrogen-bond acceptors (Lipinski definition) is 3. The van der Waals surface area contributed by atoms with Gasteiger partial charge in [-0.15, -0.1) is 0 Å². The average Bonchev–Trinajstić information content (AvgIpc) is 2.98. The van der Waals surface area contributed by atoms with Crippen molar-refractivity contribution in [3.63, 3.8) is 0 Å². The first-order valence-electron chi connectivity index (χ1n) is 6.08. The van der Waals surface area contributed by atoms with Crippen LogP contribution in [0.4, 0.5) is 0 Å². The first-order chi connectivity index (χ1) is 9.34. The second-order valence-electron chi connectivity index (χ2n) is 4.25. The van der Waals surface area contributed by atoms with Crippen LogP contribution in [0.2, 0.25) is 0 Å². The molecule has 0 saturated heterocycles. The first kappa shape index (κ1) is 11.7. The molecule has 3 heteroatoms. The van der Waals surface area contributed by atoms with Crippen molar-refractivity contribution in [3.05, 3.63) is 78.4 Å². The molecule has 0 aliphatic heterocycles. The number of hydrogen-bond donors (Lipinski definition) is 1. The summed E-state index contributed by atoms with van der Waals surface area (Å²) in [6, 6.07) is 19.1. The minimum Gasteiger partial charge on any atom is -0.445 e. The predicted molar refractivity (Wildman–Crippen MR) is 72.4 cm³/mol. The Labute approximate surface area is 111 Å². The minimum atomic E-state index is -0.835. The van der Waals surface area contributed by atoms with Crippen LogP contribution in [0.3, 0.4) is 0 Å². The highest BCUT2D eigenvalue weighted by atomic mass is 16.4. The van der Waals surface area contributed by atoms with Gasteiger partial charge < -0.3 is 9.52 Å². The maximum Gasteiger partial charge on any atom is 0.228 e. The SMILES string of the molecule is OC(c1ccccc1)c1nc(-c2ccccc2)co1. The Morgan fingerprint density at radius 3 is 2.21 bits per heavy atom. The largest absolute Gasteiger partial charge is 0.445 e. The van der Waals surface area contributed by atoms with Crippen LogP contribution in [-0.4, -0.2) is 10.1 Å². The fraction of sp³-hybridized carbons (Fsp3) is 0.0625. The van der Waals surface area contributed by atoms with Crippen molar-refractivity contribution in [1.29, 1.82) is 0 Å². The molecule has 3 rings (SSSR count). The molecule has 0 radical (unpaired) electrons. The molecule has 3 nitrogen and oxygen atoms in total. The summed E-state index contributed by atoms with van der Waals surface area (Å²) in [6.45, 7) is 0. The molecule has 1 unspecified atom stereocenters. The summed E-state index contributed by atoms with van der Waals surface area (Å²) < 4.78 is 5.37. The zero-order valence-corrected chi connectivity index (χ0v) is 10.2. The molecule has 0 amide bonds. The van der Waals surface area contributed by atoms with E-state index in [1.165, 1.54) is 0 Å². The van der Waals surface area contributed by atoms with Crippen molar-refractivity contribution in [2.45, 2.75) is 6.10 Å². The maximum absolute atomic E-state index is 10.2. The van der Waals surface area contributed by atoms with Gasteiger partial charge in [-0.2, -0.15) is 0 Å². The average molecular weight is 251 g/mol. The Morgan fingerprint density at radius 2 is 1.53 bits per heavy atom. The smallest absolute Gasteiger partial charge is 0.228 e. The van der Waals surface area contributed by atoms with Gasteiger partial charge in [-0.25, -0.2) is 4.98 Å². The van der Waals surface area contributed by atoms with Crippen molar-refractivity contribution in [2.24, 2.45) is 0 Å². The Morgan fingerprint density at radius 1 is 0.895 bits per heavy atom. The molecule has 2 aromatic carbocycles. The van der Waals surface area contributed by atoms with Gasteiger partial charge in [-0.1, -0.05) is 60.7 Å². The standard InChI is InChI=1S/C16H13NO2/c18-15(13-9-5-2-6-10-13)16-17-14(11-19-16)12-7-3-1-4-8-12/h1-11,15,18H. The van der Waals surface area contributed by atoms with Crippen LogP contribution in [-0.2, 0) is 0 Å². The molecule has 0 spiro atoms. The van der Waals surface area contributed by atoms with E-state index in [9.17, 15) is 5.11 Å². The van der Waals surface area contributed by atoms with Gasteiger partial charge in [0.1, 0.15) is 12.0 Å². The normalized spacial score (nSPS) is 12.3. The second-order valence-corrected chi connectivity index (χ2v) is 4.25. The van der Waals surface area contributed by atoms with Crippen LogP contribution in [0.25, 0.3) is 11.3 Å². The lowest BCUT2D eigenvalue weighted by Gasteiger charge is -2.05. The summed E-state index contributed by atoms with van der Waals surface area (Å²) in [5.41, 5.74) is 2.47. The Kier molecular flexibility index (Phi) is 3.12. The third kappa shape index (κ3) is 2.41. The van der Waals surface area contributed by atoms with E-state index in [4.69, 9.17) is 4.42 Å². The quantitative estimate of drug-likeness (QED) is 0.775. The van der Waals surface area contributed by atoms with Gasteiger partial charge in [0.2, 0.25) is 5.89 Å². The van der Waals surface area contributed by atoms with E-state index in [1.54, 1.807) is 6.26 Å². The van der Waals surface area contributed by atoms with E-state index in [0.717, 1.165) is 16.8 Å². The second kappa shape index (κ2) is 5.08. The summed E-state index contributed by atoms with van der Waals surface area (Å²) in [7, 11) is 0. The van der Waals surface area contributed by atoms with Crippen molar-refractivity contribution >= 4 is 0 Å². The summed E-state index contributed by atoms with van der Waals surface area (Å²) in [5.74, 6) is 0.310. The van der Waals surface area contributed by atoms with Crippen molar-refractivity contribution in [1.82, 2.24) is 4.98 Å². The molecule has 19 heavy (non-hydrogen) atoms. The maximum atomic E-state index is 10.2. The monoisotopic (exact) mass is 251 g/mol. The van der Waals surface area contributed by atoms with E-state index >= 15 is 0 Å². The molecule has 1 aromatic heterocycles. The zero-order valence-electron chi connectivity index (χ0n) is 10.2. The first-order valence-corrected chi connectivity index (χ1v) is 6.08. The molecule has 94 valence electrons. The molecule has 0 aliphatic rings. The van der Waals surface area contributed by atoms with Gasteiger partial charge >= 0.3 is 0 Å². The third-order valence-corrected chi connectivity index (χ3v) is 2.94. The fourth-order valence-electron chi connectivity index (χ4n) is 1.93. The number of oxazole rings is 1. The van der Waals surface area contributed by atoms with E-state index < -0.39 is 6.10 Å². The number of aromatic nitrogens is 1. The number of rotatable bonds is 3. The number of benzene rings is 2. The Bertz CT molecular complexity index is 647. The highest BCUT2D eigenvalue weighted by molar-refractivity contribution is 5.57. The van der Waals surface area contributed by atoms with Gasteiger partial charge in [0.15, 0.2) is 6.10 Å². The topological polar surface area (TPSA) is 46.3 Å². The molecule has 0 saturated carbocycles. The number of aliphatic hydroxyl groups is 1. The zero-order chi connectivity index (χ0) is 13.1. The number of aliphatic hydroxyl groups excluding tert-OH is 1. The highest BCUT2D eigenvalue weighted by Crippen LogP contribution is 2.24. The lowest BCUT2D eigenvalue weighted by molar-refractivity contribution is 0.182. The lowest BCUT2D eigenvalue weighted by Crippen LogP contribution is -1.99. The lowest BCUT2D eigenvalue weighted by atomic mass is 10.1. The molecule has 1 atom stereocenters. The van der Waals surface area contributed by atoms with Gasteiger partial charge in [0.05, 0.1) is 0 Å². The molecule has 0 bridgehead atoms. The number of nitrogens with zero attached hydrogens (tertiary/aromatic N) is 1. The predicted octanol–water partition coefficient (Wildman–Crippen LogP) is 3.42. The molecule has 3 aromatic rings. The molecular formula is C16H13NO2. The van der Waals surface area contributed by atoms with E-state index in [0.29, 0.717) is 5.89 Å². The van der Waals surface area contributed by atoms with E-state index in [2.05, 4.69) is 4.98 Å². The van der Waals surface area contributed by atoms with Crippen LogP contribution in [0.1, 0.15) is 17.6 Å². The van der Waals surface area contributed by atoms with Crippen LogP contribution < -0.4 is 0 Å². The van der Waals surface area contributed by atoms with Gasteiger partial charge in [-0.05, 0) is 5.56 Å². The van der Waals surface area contributed by atoms with Crippen LogP contribution >= 0.6 is 0 Å². The van der Waals surface area contributed by atoms with Crippen molar-refractivity contribution in [3.8, 4) is 11.3 Å². The molecule has 0 aliphatic carbocycles. The summed E-state index contributed by atoms with van der Waals surface area (Å²) >= 11 is 0. The van der Waals surface area contributed by atoms with Gasteiger partial charge in [-0.3, -0.25) is 0 Å². The Hall–Kier alpha value is -2.39. The molecular weight excluding hydrogens is 238 g/mol. The van der Waals surface area contributed by atoms with Crippen LogP contribution in [0, 0.1) is 0 Å². The van der Waals surface area contributed by atoms with Gasteiger partial charge in [0, 0.05) is 5.56 Å². The highest BCUT2D eigenvalue weighted by Gasteiger charge is 2.16. The minimum absolute atomic E-state index is 0.310. The summed E-state index contributed by atoms with van der Waals surface area (Å²) in [4.78, 5) is 4.34. The third-order valence-electron chi connectivity index (χ3n) is 2.94.